The molecule has 0 aliphatic carbocycles. The summed E-state index contributed by atoms with van der Waals surface area (Å²) < 4.78 is 0. The van der Waals surface area contributed by atoms with Crippen molar-refractivity contribution < 1.29 is 24.5 Å². The van der Waals surface area contributed by atoms with Gasteiger partial charge < -0.3 is 5.32 Å². The van der Waals surface area contributed by atoms with Gasteiger partial charge in [0.15, 0.2) is 5.78 Å². The number of para-hydroxylation sites is 1. The number of ketones is 1. The first kappa shape index (κ1) is 33.4. The number of anilines is 1. The molecule has 0 bridgehead atoms. The van der Waals surface area contributed by atoms with Gasteiger partial charge in [-0.05, 0) is 62.5 Å². The summed E-state index contributed by atoms with van der Waals surface area (Å²) in [6.45, 7) is 12.5. The molecule has 0 spiro atoms. The number of rotatable bonds is 13. The Morgan fingerprint density at radius 3 is 1.98 bits per heavy atom. The van der Waals surface area contributed by atoms with Crippen LogP contribution < -0.4 is 5.32 Å². The van der Waals surface area contributed by atoms with Crippen molar-refractivity contribution in [2.24, 2.45) is 0 Å². The number of benzene rings is 3. The molecule has 0 fully saturated rings. The van der Waals surface area contributed by atoms with Gasteiger partial charge in [-0.1, -0.05) is 101 Å². The molecule has 0 atom stereocenters. The largest absolute Gasteiger partial charge is 0.373 e. The summed E-state index contributed by atoms with van der Waals surface area (Å²) in [7, 11) is 0. The summed E-state index contributed by atoms with van der Waals surface area (Å²) in [5.41, 5.74) is 5.11. The van der Waals surface area contributed by atoms with Crippen molar-refractivity contribution in [3.63, 3.8) is 0 Å². The number of hydrogen-bond donors (Lipinski definition) is 2. The van der Waals surface area contributed by atoms with Crippen LogP contribution in [0.2, 0.25) is 0 Å². The molecular formula is C34H44N2O5. The number of hydrogen-bond acceptors (Lipinski definition) is 6. The van der Waals surface area contributed by atoms with Crippen molar-refractivity contribution in [1.82, 2.24) is 4.90 Å². The lowest BCUT2D eigenvalue weighted by Crippen LogP contribution is -2.33. The lowest BCUT2D eigenvalue weighted by atomic mass is 9.91. The smallest absolute Gasteiger partial charge is 0.324 e. The first-order chi connectivity index (χ1) is 19.8. The number of nitrogens with zero attached hydrogens (tertiary/aromatic N) is 1. The standard InChI is InChI=1S/C20H22O4.C14H22N2O/c1-2-3-4-8-12-16-17(13-9-14-18(16)20(22)24-23)19(21)15-10-6-5-7-11-15;1-5-16(6-2)10-13(17)15-14-11(3)8-7-9-12(14)4/h5-7,9-11,13-14,23H,2-4,8,12H2,1H3;7-9H,5-6,10H2,1-4H3,(H,15,17). The molecule has 3 aromatic rings. The monoisotopic (exact) mass is 560 g/mol. The Balaban J connectivity index is 0.000000305. The lowest BCUT2D eigenvalue weighted by molar-refractivity contribution is -0.182. The van der Waals surface area contributed by atoms with E-state index in [0.717, 1.165) is 55.6 Å². The van der Waals surface area contributed by atoms with Crippen molar-refractivity contribution >= 4 is 23.3 Å². The Bertz CT molecular complexity index is 1250. The molecule has 0 aliphatic rings. The number of likely N-dealkylation sites (N-methyl/N-ethyl adjacent to an activating group) is 1. The number of aryl methyl sites for hydroxylation is 2. The Kier molecular flexibility index (Phi) is 14.5. The second-order valence-electron chi connectivity index (χ2n) is 9.99. The summed E-state index contributed by atoms with van der Waals surface area (Å²) in [5, 5.41) is 11.7. The highest BCUT2D eigenvalue weighted by Crippen LogP contribution is 2.23. The molecular weight excluding hydrogens is 516 g/mol. The third kappa shape index (κ3) is 10.3. The molecule has 7 nitrogen and oxygen atoms in total. The van der Waals surface area contributed by atoms with Gasteiger partial charge in [-0.25, -0.2) is 4.79 Å². The average Bonchev–Trinajstić information content (AvgIpc) is 3.00. The summed E-state index contributed by atoms with van der Waals surface area (Å²) in [5.74, 6) is -0.900. The van der Waals surface area contributed by atoms with E-state index < -0.39 is 5.97 Å². The molecule has 2 N–H and O–H groups in total. The molecule has 0 saturated heterocycles. The van der Waals surface area contributed by atoms with Crippen LogP contribution >= 0.6 is 0 Å². The van der Waals surface area contributed by atoms with Crippen LogP contribution in [-0.2, 0) is 16.1 Å². The van der Waals surface area contributed by atoms with Gasteiger partial charge in [0.2, 0.25) is 5.91 Å². The third-order valence-electron chi connectivity index (χ3n) is 7.05. The fourth-order valence-electron chi connectivity index (χ4n) is 4.62. The van der Waals surface area contributed by atoms with E-state index in [4.69, 9.17) is 5.26 Å². The zero-order valence-corrected chi connectivity index (χ0v) is 25.0. The molecule has 7 heteroatoms. The molecule has 0 aliphatic heterocycles. The van der Waals surface area contributed by atoms with Crippen LogP contribution in [0.1, 0.15) is 89.4 Å². The fourth-order valence-corrected chi connectivity index (χ4v) is 4.62. The summed E-state index contributed by atoms with van der Waals surface area (Å²) in [4.78, 5) is 42.5. The molecule has 0 saturated carbocycles. The van der Waals surface area contributed by atoms with Gasteiger partial charge in [0.05, 0.1) is 12.1 Å². The number of amides is 1. The normalized spacial score (nSPS) is 10.5. The van der Waals surface area contributed by atoms with Gasteiger partial charge >= 0.3 is 5.97 Å². The number of nitrogens with one attached hydrogen (secondary N) is 1. The van der Waals surface area contributed by atoms with E-state index in [9.17, 15) is 14.4 Å². The Labute approximate surface area is 244 Å². The van der Waals surface area contributed by atoms with Crippen LogP contribution in [0.5, 0.6) is 0 Å². The van der Waals surface area contributed by atoms with E-state index in [2.05, 4.69) is 35.9 Å². The van der Waals surface area contributed by atoms with Crippen molar-refractivity contribution in [3.05, 3.63) is 100 Å². The van der Waals surface area contributed by atoms with Gasteiger partial charge in [0, 0.05) is 16.8 Å². The Hall–Kier alpha value is -3.81. The van der Waals surface area contributed by atoms with E-state index in [0.29, 0.717) is 29.7 Å². The topological polar surface area (TPSA) is 95.9 Å². The van der Waals surface area contributed by atoms with Crippen molar-refractivity contribution in [3.8, 4) is 0 Å². The van der Waals surface area contributed by atoms with Crippen LogP contribution in [0, 0.1) is 13.8 Å². The second-order valence-corrected chi connectivity index (χ2v) is 9.99. The van der Waals surface area contributed by atoms with Crippen molar-refractivity contribution in [2.45, 2.75) is 66.7 Å². The molecule has 1 amide bonds. The first-order valence-corrected chi connectivity index (χ1v) is 14.4. The molecule has 3 aromatic carbocycles. The predicted molar refractivity (Wildman–Crippen MR) is 165 cm³/mol. The average molecular weight is 561 g/mol. The minimum atomic E-state index is -0.830. The number of carbonyl (C=O) groups is 3. The van der Waals surface area contributed by atoms with E-state index in [1.807, 2.05) is 38.1 Å². The van der Waals surface area contributed by atoms with Gasteiger partial charge in [-0.3, -0.25) is 19.4 Å². The molecule has 0 unspecified atom stereocenters. The Morgan fingerprint density at radius 2 is 1.39 bits per heavy atom. The summed E-state index contributed by atoms with van der Waals surface area (Å²) in [6.07, 6.45) is 4.71. The van der Waals surface area contributed by atoms with Crippen LogP contribution in [0.4, 0.5) is 5.69 Å². The third-order valence-corrected chi connectivity index (χ3v) is 7.05. The van der Waals surface area contributed by atoms with Gasteiger partial charge in [-0.15, -0.1) is 0 Å². The van der Waals surface area contributed by atoms with Crippen molar-refractivity contribution in [2.75, 3.05) is 25.0 Å². The highest BCUT2D eigenvalue weighted by Gasteiger charge is 2.20. The van der Waals surface area contributed by atoms with E-state index in [1.165, 1.54) is 0 Å². The number of unbranched alkanes of at least 4 members (excludes halogenated alkanes) is 3. The van der Waals surface area contributed by atoms with Crippen LogP contribution in [0.25, 0.3) is 0 Å². The highest BCUT2D eigenvalue weighted by molar-refractivity contribution is 6.11. The Morgan fingerprint density at radius 1 is 0.780 bits per heavy atom. The first-order valence-electron chi connectivity index (χ1n) is 14.4. The maximum atomic E-state index is 12.8. The van der Waals surface area contributed by atoms with Gasteiger partial charge in [0.25, 0.3) is 0 Å². The lowest BCUT2D eigenvalue weighted by Gasteiger charge is -2.18. The van der Waals surface area contributed by atoms with Crippen molar-refractivity contribution in [1.29, 1.82) is 0 Å². The minimum Gasteiger partial charge on any atom is -0.324 e. The van der Waals surface area contributed by atoms with Crippen LogP contribution in [-0.4, -0.2) is 47.5 Å². The predicted octanol–water partition coefficient (Wildman–Crippen LogP) is 7.25. The van der Waals surface area contributed by atoms with Crippen LogP contribution in [0.3, 0.4) is 0 Å². The highest BCUT2D eigenvalue weighted by atomic mass is 17.1. The maximum Gasteiger partial charge on any atom is 0.373 e. The van der Waals surface area contributed by atoms with Crippen LogP contribution in [0.15, 0.2) is 66.7 Å². The zero-order valence-electron chi connectivity index (χ0n) is 25.0. The quantitative estimate of drug-likeness (QED) is 0.0989. The van der Waals surface area contributed by atoms with Gasteiger partial charge in [0.1, 0.15) is 0 Å². The van der Waals surface area contributed by atoms with Gasteiger partial charge in [-0.2, -0.15) is 5.26 Å². The molecule has 220 valence electrons. The maximum absolute atomic E-state index is 12.8. The molecule has 0 heterocycles. The molecule has 0 aromatic heterocycles. The second kappa shape index (κ2) is 17.8. The summed E-state index contributed by atoms with van der Waals surface area (Å²) in [6, 6.07) is 19.9. The number of carbonyl (C=O) groups excluding carboxylic acids is 3. The molecule has 3 rings (SSSR count). The SMILES string of the molecule is CCCCCCc1c(C(=O)OO)cccc1C(=O)c1ccccc1.CCN(CC)CC(=O)Nc1c(C)cccc1C. The zero-order chi connectivity index (χ0) is 30.2. The molecule has 41 heavy (non-hydrogen) atoms. The van der Waals surface area contributed by atoms with E-state index in [-0.39, 0.29) is 17.3 Å². The summed E-state index contributed by atoms with van der Waals surface area (Å²) >= 11 is 0. The fraction of sp³-hybridized carbons (Fsp3) is 0.382. The van der Waals surface area contributed by atoms with E-state index >= 15 is 0 Å². The minimum absolute atomic E-state index is 0.0612. The molecule has 0 radical (unpaired) electrons. The van der Waals surface area contributed by atoms with E-state index in [1.54, 1.807) is 42.5 Å².